The zero-order valence-electron chi connectivity index (χ0n) is 12.5. The molecule has 1 rings (SSSR count). The minimum absolute atomic E-state index is 0.563. The molecule has 100 valence electrons. The normalized spacial score (nSPS) is 11.7. The Morgan fingerprint density at radius 3 is 2.06 bits per heavy atom. The van der Waals surface area contributed by atoms with E-state index in [4.69, 9.17) is 0 Å². The molecule has 0 bridgehead atoms. The standard InChI is InChI=1S/C17H27N/c1-6-7-8-12-18-17-15(13(2)3)10-9-11-16(17)14(4)5/h6-7,9-11,13-14,18H,8,12H2,1-5H3. The molecule has 0 amide bonds. The van der Waals surface area contributed by atoms with Crippen molar-refractivity contribution in [1.82, 2.24) is 0 Å². The molecule has 18 heavy (non-hydrogen) atoms. The van der Waals surface area contributed by atoms with Gasteiger partial charge in [-0.05, 0) is 36.3 Å². The van der Waals surface area contributed by atoms with Gasteiger partial charge < -0.3 is 5.32 Å². The Labute approximate surface area is 112 Å². The highest BCUT2D eigenvalue weighted by molar-refractivity contribution is 5.60. The maximum absolute atomic E-state index is 3.63. The largest absolute Gasteiger partial charge is 0.384 e. The lowest BCUT2D eigenvalue weighted by atomic mass is 9.92. The van der Waals surface area contributed by atoms with Gasteiger partial charge >= 0.3 is 0 Å². The highest BCUT2D eigenvalue weighted by Crippen LogP contribution is 2.32. The van der Waals surface area contributed by atoms with Crippen LogP contribution in [-0.4, -0.2) is 6.54 Å². The summed E-state index contributed by atoms with van der Waals surface area (Å²) in [6.45, 7) is 12.1. The first-order chi connectivity index (χ1) is 8.57. The SMILES string of the molecule is CC=CCCNc1c(C(C)C)cccc1C(C)C. The van der Waals surface area contributed by atoms with Crippen LogP contribution in [0.3, 0.4) is 0 Å². The fourth-order valence-electron chi connectivity index (χ4n) is 2.20. The molecule has 1 N–H and O–H groups in total. The first-order valence-corrected chi connectivity index (χ1v) is 7.05. The van der Waals surface area contributed by atoms with Gasteiger partial charge in [0.05, 0.1) is 0 Å². The van der Waals surface area contributed by atoms with Crippen molar-refractivity contribution in [2.45, 2.75) is 52.9 Å². The number of benzene rings is 1. The van der Waals surface area contributed by atoms with Crippen LogP contribution in [0.1, 0.15) is 64.0 Å². The first-order valence-electron chi connectivity index (χ1n) is 7.05. The van der Waals surface area contributed by atoms with E-state index in [0.29, 0.717) is 11.8 Å². The van der Waals surface area contributed by atoms with Crippen molar-refractivity contribution in [3.63, 3.8) is 0 Å². The molecule has 0 saturated carbocycles. The maximum Gasteiger partial charge on any atom is 0.0410 e. The van der Waals surface area contributed by atoms with Gasteiger partial charge in [-0.2, -0.15) is 0 Å². The van der Waals surface area contributed by atoms with Crippen LogP contribution in [0.2, 0.25) is 0 Å². The number of hydrogen-bond acceptors (Lipinski definition) is 1. The summed E-state index contributed by atoms with van der Waals surface area (Å²) in [5.41, 5.74) is 4.22. The Balaban J connectivity index is 2.95. The summed E-state index contributed by atoms with van der Waals surface area (Å²) in [4.78, 5) is 0. The van der Waals surface area contributed by atoms with Gasteiger partial charge in [0, 0.05) is 12.2 Å². The number of hydrogen-bond donors (Lipinski definition) is 1. The third-order valence-corrected chi connectivity index (χ3v) is 3.22. The van der Waals surface area contributed by atoms with E-state index >= 15 is 0 Å². The molecule has 0 spiro atoms. The minimum Gasteiger partial charge on any atom is -0.384 e. The van der Waals surface area contributed by atoms with E-state index < -0.39 is 0 Å². The second kappa shape index (κ2) is 7.25. The van der Waals surface area contributed by atoms with Gasteiger partial charge in [0.2, 0.25) is 0 Å². The average molecular weight is 245 g/mol. The monoisotopic (exact) mass is 245 g/mol. The molecular formula is C17H27N. The fraction of sp³-hybridized carbons (Fsp3) is 0.529. The summed E-state index contributed by atoms with van der Waals surface area (Å²) in [5.74, 6) is 1.13. The van der Waals surface area contributed by atoms with E-state index in [1.54, 1.807) is 0 Å². The summed E-state index contributed by atoms with van der Waals surface area (Å²) in [7, 11) is 0. The fourth-order valence-corrected chi connectivity index (χ4v) is 2.20. The lowest BCUT2D eigenvalue weighted by Gasteiger charge is -2.20. The van der Waals surface area contributed by atoms with Gasteiger partial charge in [-0.25, -0.2) is 0 Å². The zero-order valence-corrected chi connectivity index (χ0v) is 12.5. The van der Waals surface area contributed by atoms with Gasteiger partial charge in [0.25, 0.3) is 0 Å². The van der Waals surface area contributed by atoms with Crippen molar-refractivity contribution in [3.8, 4) is 0 Å². The van der Waals surface area contributed by atoms with Gasteiger partial charge in [-0.3, -0.25) is 0 Å². The topological polar surface area (TPSA) is 12.0 Å². The van der Waals surface area contributed by atoms with Crippen molar-refractivity contribution in [1.29, 1.82) is 0 Å². The second-order valence-corrected chi connectivity index (χ2v) is 5.41. The predicted octanol–water partition coefficient (Wildman–Crippen LogP) is 5.31. The lowest BCUT2D eigenvalue weighted by Crippen LogP contribution is -2.08. The minimum atomic E-state index is 0.563. The van der Waals surface area contributed by atoms with Crippen LogP contribution >= 0.6 is 0 Å². The smallest absolute Gasteiger partial charge is 0.0410 e. The third-order valence-electron chi connectivity index (χ3n) is 3.22. The molecule has 0 aliphatic heterocycles. The summed E-state index contributed by atoms with van der Waals surface area (Å²) < 4.78 is 0. The summed E-state index contributed by atoms with van der Waals surface area (Å²) in [6.07, 6.45) is 5.40. The highest BCUT2D eigenvalue weighted by atomic mass is 14.9. The molecule has 1 heteroatoms. The van der Waals surface area contributed by atoms with Crippen molar-refractivity contribution in [3.05, 3.63) is 41.5 Å². The van der Waals surface area contributed by atoms with Crippen molar-refractivity contribution in [2.75, 3.05) is 11.9 Å². The molecule has 1 aromatic carbocycles. The van der Waals surface area contributed by atoms with E-state index in [1.165, 1.54) is 16.8 Å². The molecular weight excluding hydrogens is 218 g/mol. The number of para-hydroxylation sites is 1. The predicted molar refractivity (Wildman–Crippen MR) is 82.5 cm³/mol. The Bertz CT molecular complexity index is 362. The molecule has 0 fully saturated rings. The number of rotatable bonds is 6. The Kier molecular flexibility index (Phi) is 5.97. The van der Waals surface area contributed by atoms with Crippen LogP contribution in [0.15, 0.2) is 30.4 Å². The lowest BCUT2D eigenvalue weighted by molar-refractivity contribution is 0.832. The number of nitrogens with one attached hydrogen (secondary N) is 1. The van der Waals surface area contributed by atoms with Crippen molar-refractivity contribution >= 4 is 5.69 Å². The maximum atomic E-state index is 3.63. The molecule has 0 radical (unpaired) electrons. The summed E-state index contributed by atoms with van der Waals surface area (Å²) >= 11 is 0. The van der Waals surface area contributed by atoms with Crippen molar-refractivity contribution < 1.29 is 0 Å². The molecule has 0 aliphatic carbocycles. The molecule has 0 saturated heterocycles. The van der Waals surface area contributed by atoms with E-state index in [0.717, 1.165) is 13.0 Å². The quantitative estimate of drug-likeness (QED) is 0.529. The third kappa shape index (κ3) is 3.90. The number of anilines is 1. The van der Waals surface area contributed by atoms with Crippen LogP contribution in [0.25, 0.3) is 0 Å². The van der Waals surface area contributed by atoms with Crippen LogP contribution in [-0.2, 0) is 0 Å². The molecule has 1 nitrogen and oxygen atoms in total. The number of allylic oxidation sites excluding steroid dienone is 1. The molecule has 0 atom stereocenters. The van der Waals surface area contributed by atoms with Gasteiger partial charge in [0.1, 0.15) is 0 Å². The van der Waals surface area contributed by atoms with E-state index in [9.17, 15) is 0 Å². The summed E-state index contributed by atoms with van der Waals surface area (Å²) in [6, 6.07) is 6.67. The van der Waals surface area contributed by atoms with Gasteiger partial charge in [0.15, 0.2) is 0 Å². The average Bonchev–Trinajstić information content (AvgIpc) is 2.34. The van der Waals surface area contributed by atoms with E-state index in [-0.39, 0.29) is 0 Å². The van der Waals surface area contributed by atoms with Crippen molar-refractivity contribution in [2.24, 2.45) is 0 Å². The zero-order chi connectivity index (χ0) is 13.5. The van der Waals surface area contributed by atoms with Gasteiger partial charge in [-0.1, -0.05) is 58.0 Å². The van der Waals surface area contributed by atoms with Crippen LogP contribution in [0.5, 0.6) is 0 Å². The van der Waals surface area contributed by atoms with Crippen LogP contribution in [0.4, 0.5) is 5.69 Å². The molecule has 0 aromatic heterocycles. The summed E-state index contributed by atoms with van der Waals surface area (Å²) in [5, 5.41) is 3.63. The van der Waals surface area contributed by atoms with Crippen LogP contribution in [0, 0.1) is 0 Å². The Hall–Kier alpha value is -1.24. The molecule has 0 unspecified atom stereocenters. The van der Waals surface area contributed by atoms with Gasteiger partial charge in [-0.15, -0.1) is 0 Å². The molecule has 0 aliphatic rings. The molecule has 1 aromatic rings. The Morgan fingerprint density at radius 2 is 1.61 bits per heavy atom. The second-order valence-electron chi connectivity index (χ2n) is 5.41. The van der Waals surface area contributed by atoms with Crippen LogP contribution < -0.4 is 5.32 Å². The van der Waals surface area contributed by atoms with E-state index in [2.05, 4.69) is 70.3 Å². The van der Waals surface area contributed by atoms with E-state index in [1.807, 2.05) is 0 Å². The first kappa shape index (κ1) is 14.8. The Morgan fingerprint density at radius 1 is 1.06 bits per heavy atom. The highest BCUT2D eigenvalue weighted by Gasteiger charge is 2.12. The molecule has 0 heterocycles.